The first-order chi connectivity index (χ1) is 9.72. The van der Waals surface area contributed by atoms with Crippen LogP contribution in [0.15, 0.2) is 21.1 Å². The van der Waals surface area contributed by atoms with E-state index in [0.29, 0.717) is 17.5 Å². The maximum absolute atomic E-state index is 6.17. The van der Waals surface area contributed by atoms with Crippen molar-refractivity contribution < 1.29 is 8.94 Å². The smallest absolute Gasteiger partial charge is 0.293 e. The zero-order valence-electron chi connectivity index (χ0n) is 11.7. The lowest BCUT2D eigenvalue weighted by molar-refractivity contribution is 0.213. The van der Waals surface area contributed by atoms with E-state index in [-0.39, 0.29) is 6.04 Å². The van der Waals surface area contributed by atoms with E-state index in [1.54, 1.807) is 0 Å². The van der Waals surface area contributed by atoms with Crippen molar-refractivity contribution in [3.8, 4) is 11.7 Å². The van der Waals surface area contributed by atoms with Gasteiger partial charge in [0.15, 0.2) is 11.6 Å². The van der Waals surface area contributed by atoms with E-state index in [9.17, 15) is 0 Å². The third kappa shape index (κ3) is 2.91. The first-order valence-electron chi connectivity index (χ1n) is 7.11. The van der Waals surface area contributed by atoms with Gasteiger partial charge in [0.25, 0.3) is 5.89 Å². The van der Waals surface area contributed by atoms with E-state index >= 15 is 0 Å². The van der Waals surface area contributed by atoms with Crippen molar-refractivity contribution in [2.24, 2.45) is 5.73 Å². The normalized spacial score (nSPS) is 18.3. The SMILES string of the molecule is Cc1ccc(-c2nc(C(N)CN3CCCCC3)no2)o1. The predicted molar refractivity (Wildman–Crippen MR) is 74.0 cm³/mol. The first-order valence-corrected chi connectivity index (χ1v) is 7.11. The molecule has 0 amide bonds. The van der Waals surface area contributed by atoms with Gasteiger partial charge in [0.05, 0.1) is 6.04 Å². The summed E-state index contributed by atoms with van der Waals surface area (Å²) in [7, 11) is 0. The molecule has 3 heterocycles. The Morgan fingerprint density at radius 3 is 2.80 bits per heavy atom. The lowest BCUT2D eigenvalue weighted by Crippen LogP contribution is -2.36. The molecule has 1 atom stereocenters. The van der Waals surface area contributed by atoms with E-state index in [4.69, 9.17) is 14.7 Å². The average molecular weight is 276 g/mol. The van der Waals surface area contributed by atoms with Crippen LogP contribution in [0.5, 0.6) is 0 Å². The summed E-state index contributed by atoms with van der Waals surface area (Å²) in [6.07, 6.45) is 3.81. The molecule has 2 N–H and O–H groups in total. The number of aryl methyl sites for hydroxylation is 1. The number of piperidine rings is 1. The first kappa shape index (κ1) is 13.3. The van der Waals surface area contributed by atoms with Crippen molar-refractivity contribution in [3.63, 3.8) is 0 Å². The molecule has 1 aliphatic heterocycles. The van der Waals surface area contributed by atoms with Gasteiger partial charge in [-0.2, -0.15) is 4.98 Å². The highest BCUT2D eigenvalue weighted by Crippen LogP contribution is 2.21. The van der Waals surface area contributed by atoms with Crippen LogP contribution in [-0.4, -0.2) is 34.7 Å². The van der Waals surface area contributed by atoms with Crippen molar-refractivity contribution in [1.29, 1.82) is 0 Å². The summed E-state index contributed by atoms with van der Waals surface area (Å²) < 4.78 is 10.7. The second-order valence-electron chi connectivity index (χ2n) is 5.34. The van der Waals surface area contributed by atoms with Crippen LogP contribution in [0.3, 0.4) is 0 Å². The van der Waals surface area contributed by atoms with Crippen LogP contribution >= 0.6 is 0 Å². The summed E-state index contributed by atoms with van der Waals surface area (Å²) in [6.45, 7) is 4.87. The fourth-order valence-corrected chi connectivity index (χ4v) is 2.54. The molecule has 2 aromatic heterocycles. The predicted octanol–water partition coefficient (Wildman–Crippen LogP) is 2.12. The molecule has 108 valence electrons. The lowest BCUT2D eigenvalue weighted by atomic mass is 10.1. The van der Waals surface area contributed by atoms with Gasteiger partial charge in [-0.25, -0.2) is 0 Å². The number of furan rings is 1. The molecular formula is C14H20N4O2. The zero-order valence-corrected chi connectivity index (χ0v) is 11.7. The zero-order chi connectivity index (χ0) is 13.9. The van der Waals surface area contributed by atoms with E-state index in [0.717, 1.165) is 25.4 Å². The highest BCUT2D eigenvalue weighted by Gasteiger charge is 2.20. The number of nitrogens with zero attached hydrogens (tertiary/aromatic N) is 3. The van der Waals surface area contributed by atoms with Gasteiger partial charge in [-0.1, -0.05) is 11.6 Å². The Morgan fingerprint density at radius 2 is 2.10 bits per heavy atom. The fraction of sp³-hybridized carbons (Fsp3) is 0.571. The Hall–Kier alpha value is -1.66. The summed E-state index contributed by atoms with van der Waals surface area (Å²) in [6, 6.07) is 3.47. The van der Waals surface area contributed by atoms with Crippen LogP contribution in [0, 0.1) is 6.92 Å². The fourth-order valence-electron chi connectivity index (χ4n) is 2.54. The van der Waals surface area contributed by atoms with Crippen LogP contribution in [0.2, 0.25) is 0 Å². The molecule has 2 aromatic rings. The standard InChI is InChI=1S/C14H20N4O2/c1-10-5-6-12(19-10)14-16-13(17-20-14)11(15)9-18-7-3-2-4-8-18/h5-6,11H,2-4,7-9,15H2,1H3. The Balaban J connectivity index is 1.66. The quantitative estimate of drug-likeness (QED) is 0.921. The number of likely N-dealkylation sites (tertiary alicyclic amines) is 1. The minimum Gasteiger partial charge on any atom is -0.456 e. The summed E-state index contributed by atoms with van der Waals surface area (Å²) in [5.74, 6) is 2.34. The van der Waals surface area contributed by atoms with E-state index in [2.05, 4.69) is 15.0 Å². The summed E-state index contributed by atoms with van der Waals surface area (Å²) in [5, 5.41) is 3.97. The lowest BCUT2D eigenvalue weighted by Gasteiger charge is -2.27. The molecule has 1 aliphatic rings. The molecule has 1 saturated heterocycles. The minimum absolute atomic E-state index is 0.221. The molecular weight excluding hydrogens is 256 g/mol. The highest BCUT2D eigenvalue weighted by molar-refractivity contribution is 5.44. The molecule has 20 heavy (non-hydrogen) atoms. The van der Waals surface area contributed by atoms with Crippen molar-refractivity contribution in [2.75, 3.05) is 19.6 Å². The maximum atomic E-state index is 6.17. The van der Waals surface area contributed by atoms with Crippen molar-refractivity contribution in [1.82, 2.24) is 15.0 Å². The number of rotatable bonds is 4. The second kappa shape index (κ2) is 5.76. The Kier molecular flexibility index (Phi) is 3.84. The van der Waals surface area contributed by atoms with Crippen LogP contribution in [-0.2, 0) is 0 Å². The van der Waals surface area contributed by atoms with Gasteiger partial charge in [-0.3, -0.25) is 0 Å². The molecule has 0 aromatic carbocycles. The molecule has 6 heteroatoms. The third-order valence-electron chi connectivity index (χ3n) is 3.63. The van der Waals surface area contributed by atoms with E-state index in [1.165, 1.54) is 19.3 Å². The van der Waals surface area contributed by atoms with Gasteiger partial charge in [0.2, 0.25) is 0 Å². The number of nitrogens with two attached hydrogens (primary N) is 1. The third-order valence-corrected chi connectivity index (χ3v) is 3.63. The Morgan fingerprint density at radius 1 is 1.30 bits per heavy atom. The maximum Gasteiger partial charge on any atom is 0.293 e. The van der Waals surface area contributed by atoms with Crippen molar-refractivity contribution in [3.05, 3.63) is 23.7 Å². The molecule has 1 unspecified atom stereocenters. The van der Waals surface area contributed by atoms with Crippen LogP contribution in [0.1, 0.15) is 36.9 Å². The molecule has 0 saturated carbocycles. The van der Waals surface area contributed by atoms with Gasteiger partial charge in [0, 0.05) is 6.54 Å². The van der Waals surface area contributed by atoms with E-state index in [1.807, 2.05) is 19.1 Å². The summed E-state index contributed by atoms with van der Waals surface area (Å²) >= 11 is 0. The van der Waals surface area contributed by atoms with Gasteiger partial charge < -0.3 is 19.6 Å². The number of hydrogen-bond acceptors (Lipinski definition) is 6. The van der Waals surface area contributed by atoms with Crippen LogP contribution in [0.25, 0.3) is 11.7 Å². The monoisotopic (exact) mass is 276 g/mol. The van der Waals surface area contributed by atoms with Crippen LogP contribution < -0.4 is 5.73 Å². The van der Waals surface area contributed by atoms with E-state index < -0.39 is 0 Å². The molecule has 0 aliphatic carbocycles. The average Bonchev–Trinajstić information content (AvgIpc) is 3.08. The molecule has 0 bridgehead atoms. The van der Waals surface area contributed by atoms with Gasteiger partial charge in [-0.05, 0) is 45.0 Å². The van der Waals surface area contributed by atoms with Crippen molar-refractivity contribution in [2.45, 2.75) is 32.2 Å². The Labute approximate surface area is 117 Å². The molecule has 1 fully saturated rings. The number of hydrogen-bond donors (Lipinski definition) is 1. The Bertz CT molecular complexity index is 557. The van der Waals surface area contributed by atoms with Gasteiger partial charge >= 0.3 is 0 Å². The number of aromatic nitrogens is 2. The second-order valence-corrected chi connectivity index (χ2v) is 5.34. The molecule has 3 rings (SSSR count). The van der Waals surface area contributed by atoms with Gasteiger partial charge in [-0.15, -0.1) is 0 Å². The van der Waals surface area contributed by atoms with Crippen LogP contribution in [0.4, 0.5) is 0 Å². The largest absolute Gasteiger partial charge is 0.456 e. The molecule has 0 radical (unpaired) electrons. The molecule has 6 nitrogen and oxygen atoms in total. The topological polar surface area (TPSA) is 81.3 Å². The molecule has 0 spiro atoms. The summed E-state index contributed by atoms with van der Waals surface area (Å²) in [5.41, 5.74) is 6.17. The summed E-state index contributed by atoms with van der Waals surface area (Å²) in [4.78, 5) is 6.70. The van der Waals surface area contributed by atoms with Gasteiger partial charge in [0.1, 0.15) is 5.76 Å². The minimum atomic E-state index is -0.221. The van der Waals surface area contributed by atoms with Crippen molar-refractivity contribution >= 4 is 0 Å². The highest BCUT2D eigenvalue weighted by atomic mass is 16.5.